The number of hydrogen-bond donors (Lipinski definition) is 1. The lowest BCUT2D eigenvalue weighted by Gasteiger charge is -2.14. The Morgan fingerprint density at radius 2 is 1.83 bits per heavy atom. The van der Waals surface area contributed by atoms with Gasteiger partial charge in [-0.15, -0.1) is 0 Å². The number of nitrogens with zero attached hydrogens (tertiary/aromatic N) is 1. The average molecular weight is 515 g/mol. The molecule has 0 saturated heterocycles. The third-order valence-electron chi connectivity index (χ3n) is 4.93. The number of amides is 1. The Bertz CT molecular complexity index is 1220. The lowest BCUT2D eigenvalue weighted by molar-refractivity contribution is 0.0954. The molecule has 3 rings (SSSR count). The summed E-state index contributed by atoms with van der Waals surface area (Å²) in [6.45, 7) is 4.72. The fourth-order valence-electron chi connectivity index (χ4n) is 3.20. The van der Waals surface area contributed by atoms with Gasteiger partial charge in [0.1, 0.15) is 12.4 Å². The molecule has 3 aromatic rings. The van der Waals surface area contributed by atoms with Gasteiger partial charge >= 0.3 is 0 Å². The van der Waals surface area contributed by atoms with Crippen LogP contribution in [-0.4, -0.2) is 32.4 Å². The molecule has 0 radical (unpaired) electrons. The molecule has 3 aromatic carbocycles. The van der Waals surface area contributed by atoms with Crippen molar-refractivity contribution in [2.75, 3.05) is 20.3 Å². The smallest absolute Gasteiger partial charge is 0.271 e. The van der Waals surface area contributed by atoms with Crippen molar-refractivity contribution in [3.8, 4) is 23.0 Å². The van der Waals surface area contributed by atoms with Gasteiger partial charge in [0.15, 0.2) is 23.0 Å². The Hall–Kier alpha value is -3.78. The lowest BCUT2D eigenvalue weighted by Crippen LogP contribution is -2.17. The van der Waals surface area contributed by atoms with Crippen molar-refractivity contribution in [3.05, 3.63) is 82.1 Å². The van der Waals surface area contributed by atoms with Gasteiger partial charge in [0.05, 0.1) is 31.6 Å². The minimum absolute atomic E-state index is 0.0122. The molecule has 0 aliphatic carbocycles. The maximum absolute atomic E-state index is 13.9. The molecule has 0 heterocycles. The van der Waals surface area contributed by atoms with Gasteiger partial charge in [-0.1, -0.05) is 36.7 Å². The van der Waals surface area contributed by atoms with Crippen LogP contribution in [0.15, 0.2) is 59.7 Å². The summed E-state index contributed by atoms with van der Waals surface area (Å²) in [7, 11) is 1.51. The Labute approximate surface area is 214 Å². The number of ether oxygens (including phenoxy) is 4. The Morgan fingerprint density at radius 3 is 2.56 bits per heavy atom. The number of carbonyl (C=O) groups is 1. The molecule has 190 valence electrons. The Morgan fingerprint density at radius 1 is 1.03 bits per heavy atom. The highest BCUT2D eigenvalue weighted by Gasteiger charge is 2.14. The van der Waals surface area contributed by atoms with E-state index >= 15 is 0 Å². The van der Waals surface area contributed by atoms with Gasteiger partial charge in [0.25, 0.3) is 5.91 Å². The highest BCUT2D eigenvalue weighted by atomic mass is 35.5. The molecule has 1 N–H and O–H groups in total. The summed E-state index contributed by atoms with van der Waals surface area (Å²) in [5, 5.41) is 4.28. The topological polar surface area (TPSA) is 78.4 Å². The maximum Gasteiger partial charge on any atom is 0.271 e. The van der Waals surface area contributed by atoms with E-state index in [-0.39, 0.29) is 17.4 Å². The fraction of sp³-hybridized carbons (Fsp3) is 0.259. The minimum Gasteiger partial charge on any atom is -0.493 e. The van der Waals surface area contributed by atoms with Crippen LogP contribution in [0.3, 0.4) is 0 Å². The second kappa shape index (κ2) is 13.3. The number of methoxy groups -OCH3 is 1. The first-order chi connectivity index (χ1) is 17.5. The molecule has 7 nitrogen and oxygen atoms in total. The molecule has 0 bridgehead atoms. The summed E-state index contributed by atoms with van der Waals surface area (Å²) in [5.41, 5.74) is 3.80. The van der Waals surface area contributed by atoms with Crippen LogP contribution in [0.1, 0.15) is 41.8 Å². The van der Waals surface area contributed by atoms with E-state index in [9.17, 15) is 9.18 Å². The highest BCUT2D eigenvalue weighted by Crippen LogP contribution is 2.37. The van der Waals surface area contributed by atoms with Crippen LogP contribution in [-0.2, 0) is 6.61 Å². The second-order valence-corrected chi connectivity index (χ2v) is 7.96. The van der Waals surface area contributed by atoms with E-state index in [0.29, 0.717) is 52.9 Å². The van der Waals surface area contributed by atoms with E-state index in [1.165, 1.54) is 19.4 Å². The normalized spacial score (nSPS) is 10.8. The molecule has 0 saturated carbocycles. The van der Waals surface area contributed by atoms with Gasteiger partial charge in [0.2, 0.25) is 0 Å². The summed E-state index contributed by atoms with van der Waals surface area (Å²) in [4.78, 5) is 12.5. The zero-order valence-electron chi connectivity index (χ0n) is 20.3. The summed E-state index contributed by atoms with van der Waals surface area (Å²) < 4.78 is 36.3. The quantitative estimate of drug-likeness (QED) is 0.236. The van der Waals surface area contributed by atoms with E-state index < -0.39 is 5.91 Å². The van der Waals surface area contributed by atoms with Crippen molar-refractivity contribution in [2.24, 2.45) is 5.10 Å². The van der Waals surface area contributed by atoms with Gasteiger partial charge in [0, 0.05) is 11.1 Å². The van der Waals surface area contributed by atoms with Crippen molar-refractivity contribution >= 4 is 23.7 Å². The van der Waals surface area contributed by atoms with Crippen LogP contribution in [0.4, 0.5) is 4.39 Å². The van der Waals surface area contributed by atoms with E-state index in [1.807, 2.05) is 13.8 Å². The summed E-state index contributed by atoms with van der Waals surface area (Å²) in [6.07, 6.45) is 2.29. The number of halogens is 2. The highest BCUT2D eigenvalue weighted by molar-refractivity contribution is 6.32. The molecule has 0 aromatic heterocycles. The second-order valence-electron chi connectivity index (χ2n) is 7.56. The van der Waals surface area contributed by atoms with Crippen molar-refractivity contribution in [3.63, 3.8) is 0 Å². The molecule has 9 heteroatoms. The minimum atomic E-state index is -0.424. The Kier molecular flexibility index (Phi) is 9.94. The van der Waals surface area contributed by atoms with Crippen LogP contribution in [0, 0.1) is 5.82 Å². The number of rotatable bonds is 12. The predicted octanol–water partition coefficient (Wildman–Crippen LogP) is 6.02. The summed E-state index contributed by atoms with van der Waals surface area (Å²) in [5.74, 6) is 0.898. The third-order valence-corrected chi connectivity index (χ3v) is 5.21. The number of nitrogens with one attached hydrogen (secondary N) is 1. The molecule has 0 fully saturated rings. The lowest BCUT2D eigenvalue weighted by atomic mass is 10.2. The van der Waals surface area contributed by atoms with Crippen LogP contribution in [0.5, 0.6) is 23.0 Å². The Balaban J connectivity index is 1.71. The van der Waals surface area contributed by atoms with Gasteiger partial charge in [-0.05, 0) is 55.3 Å². The first-order valence-corrected chi connectivity index (χ1v) is 11.8. The van der Waals surface area contributed by atoms with Gasteiger partial charge in [-0.2, -0.15) is 5.10 Å². The number of hydrogen-bond acceptors (Lipinski definition) is 6. The van der Waals surface area contributed by atoms with E-state index in [0.717, 1.165) is 6.42 Å². The molecule has 0 atom stereocenters. The molecule has 0 spiro atoms. The standard InChI is InChI=1S/C27H28ClFN2O5/c1-4-12-35-23-11-10-19(15-24(23)33-3)27(32)31-30-16-18-13-21(28)26(25(14-18)34-5-2)36-17-20-8-6-7-9-22(20)29/h6-11,13-16H,4-5,12,17H2,1-3H3,(H,31,32)/b30-16+. The molecule has 1 amide bonds. The monoisotopic (exact) mass is 514 g/mol. The molecular weight excluding hydrogens is 487 g/mol. The van der Waals surface area contributed by atoms with E-state index in [1.54, 1.807) is 48.5 Å². The molecular formula is C27H28ClFN2O5. The average Bonchev–Trinajstić information content (AvgIpc) is 2.88. The number of benzene rings is 3. The van der Waals surface area contributed by atoms with Crippen LogP contribution in [0.25, 0.3) is 0 Å². The van der Waals surface area contributed by atoms with Crippen LogP contribution < -0.4 is 24.4 Å². The third kappa shape index (κ3) is 7.11. The van der Waals surface area contributed by atoms with E-state index in [2.05, 4.69) is 10.5 Å². The predicted molar refractivity (Wildman–Crippen MR) is 137 cm³/mol. The molecule has 0 aliphatic rings. The van der Waals surface area contributed by atoms with E-state index in [4.69, 9.17) is 30.5 Å². The summed E-state index contributed by atoms with van der Waals surface area (Å²) >= 11 is 6.42. The SMILES string of the molecule is CCCOc1ccc(C(=O)N/N=C/c2cc(Cl)c(OCc3ccccc3F)c(OCC)c2)cc1OC. The van der Waals surface area contributed by atoms with Crippen molar-refractivity contribution in [2.45, 2.75) is 26.9 Å². The van der Waals surface area contributed by atoms with Gasteiger partial charge in [-0.25, -0.2) is 9.82 Å². The zero-order valence-corrected chi connectivity index (χ0v) is 21.1. The van der Waals surface area contributed by atoms with Crippen LogP contribution >= 0.6 is 11.6 Å². The molecule has 0 unspecified atom stereocenters. The molecule has 0 aliphatic heterocycles. The van der Waals surface area contributed by atoms with Crippen molar-refractivity contribution in [1.29, 1.82) is 0 Å². The van der Waals surface area contributed by atoms with Gasteiger partial charge in [-0.3, -0.25) is 4.79 Å². The maximum atomic E-state index is 13.9. The summed E-state index contributed by atoms with van der Waals surface area (Å²) in [6, 6.07) is 14.5. The van der Waals surface area contributed by atoms with Crippen molar-refractivity contribution in [1.82, 2.24) is 5.43 Å². The first-order valence-electron chi connectivity index (χ1n) is 11.4. The largest absolute Gasteiger partial charge is 0.493 e. The number of hydrazone groups is 1. The van der Waals surface area contributed by atoms with Crippen molar-refractivity contribution < 1.29 is 28.1 Å². The first kappa shape index (κ1) is 26.8. The van der Waals surface area contributed by atoms with Crippen LogP contribution in [0.2, 0.25) is 5.02 Å². The zero-order chi connectivity index (χ0) is 25.9. The number of carbonyl (C=O) groups excluding carboxylic acids is 1. The van der Waals surface area contributed by atoms with Gasteiger partial charge < -0.3 is 18.9 Å². The molecule has 36 heavy (non-hydrogen) atoms. The fourth-order valence-corrected chi connectivity index (χ4v) is 3.47.